The number of carbonyl (C=O) groups is 1. The maximum Gasteiger partial charge on any atom is 0.228 e. The second kappa shape index (κ2) is 6.34. The van der Waals surface area contributed by atoms with Gasteiger partial charge in [0.1, 0.15) is 5.75 Å². The van der Waals surface area contributed by atoms with Crippen LogP contribution in [0.5, 0.6) is 5.75 Å². The van der Waals surface area contributed by atoms with Crippen molar-refractivity contribution in [3.63, 3.8) is 0 Å². The number of anilines is 1. The van der Waals surface area contributed by atoms with Crippen molar-refractivity contribution < 1.29 is 9.53 Å². The van der Waals surface area contributed by atoms with Crippen LogP contribution in [0.1, 0.15) is 11.1 Å². The van der Waals surface area contributed by atoms with Gasteiger partial charge in [-0.05, 0) is 47.7 Å². The minimum atomic E-state index is -0.0973. The van der Waals surface area contributed by atoms with E-state index in [0.29, 0.717) is 22.9 Å². The summed E-state index contributed by atoms with van der Waals surface area (Å²) in [4.78, 5) is 15.5. The number of H-pyrrole nitrogens is 1. The van der Waals surface area contributed by atoms with E-state index in [9.17, 15) is 4.79 Å². The van der Waals surface area contributed by atoms with E-state index in [1.54, 1.807) is 13.2 Å². The van der Waals surface area contributed by atoms with Crippen LogP contribution in [0.4, 0.5) is 5.69 Å². The van der Waals surface area contributed by atoms with Gasteiger partial charge in [-0.3, -0.25) is 4.79 Å². The number of hydrogen-bond donors (Lipinski definition) is 2. The lowest BCUT2D eigenvalue weighted by Crippen LogP contribution is -2.15. The molecule has 0 aliphatic carbocycles. The van der Waals surface area contributed by atoms with E-state index >= 15 is 0 Å². The Balaban J connectivity index is 1.77. The first-order valence-corrected chi connectivity index (χ1v) is 7.64. The number of amides is 1. The molecule has 1 heterocycles. The molecule has 0 unspecified atom stereocenters. The summed E-state index contributed by atoms with van der Waals surface area (Å²) in [6, 6.07) is 11.4. The second-order valence-corrected chi connectivity index (χ2v) is 5.83. The lowest BCUT2D eigenvalue weighted by atomic mass is 10.1. The Bertz CT molecular complexity index is 871. The van der Waals surface area contributed by atoms with Crippen molar-refractivity contribution in [1.82, 2.24) is 4.98 Å². The summed E-state index contributed by atoms with van der Waals surface area (Å²) in [7, 11) is 1.55. The minimum absolute atomic E-state index is 0.0973. The predicted molar refractivity (Wildman–Crippen MR) is 93.4 cm³/mol. The molecule has 0 fully saturated rings. The molecule has 0 atom stereocenters. The third-order valence-corrected chi connectivity index (χ3v) is 4.14. The highest BCUT2D eigenvalue weighted by Crippen LogP contribution is 2.31. The third-order valence-electron chi connectivity index (χ3n) is 3.74. The number of aryl methyl sites for hydroxylation is 1. The molecule has 0 bridgehead atoms. The molecule has 3 aromatic rings. The van der Waals surface area contributed by atoms with Crippen LogP contribution < -0.4 is 10.1 Å². The quantitative estimate of drug-likeness (QED) is 0.749. The van der Waals surface area contributed by atoms with E-state index in [4.69, 9.17) is 16.3 Å². The summed E-state index contributed by atoms with van der Waals surface area (Å²) < 4.78 is 5.28. The zero-order valence-corrected chi connectivity index (χ0v) is 13.7. The van der Waals surface area contributed by atoms with Crippen LogP contribution in [0.25, 0.3) is 10.9 Å². The van der Waals surface area contributed by atoms with Crippen LogP contribution in [-0.2, 0) is 11.2 Å². The Morgan fingerprint density at radius 2 is 2.09 bits per heavy atom. The fourth-order valence-electron chi connectivity index (χ4n) is 2.52. The molecule has 0 saturated heterocycles. The molecule has 2 aromatic carbocycles. The monoisotopic (exact) mass is 328 g/mol. The zero-order chi connectivity index (χ0) is 16.4. The van der Waals surface area contributed by atoms with Gasteiger partial charge in [0, 0.05) is 22.8 Å². The van der Waals surface area contributed by atoms with Crippen LogP contribution in [0.15, 0.2) is 42.6 Å². The topological polar surface area (TPSA) is 54.1 Å². The number of carbonyl (C=O) groups excluding carboxylic acids is 1. The molecule has 0 radical (unpaired) electrons. The number of fused-ring (bicyclic) bond motifs is 1. The predicted octanol–water partition coefficient (Wildman–Crippen LogP) is 4.32. The molecule has 1 amide bonds. The number of rotatable bonds is 4. The molecular formula is C18H17ClN2O2. The maximum atomic E-state index is 12.3. The molecule has 118 valence electrons. The largest absolute Gasteiger partial charge is 0.495 e. The molecule has 0 aliphatic rings. The van der Waals surface area contributed by atoms with Crippen molar-refractivity contribution in [3.8, 4) is 5.75 Å². The van der Waals surface area contributed by atoms with E-state index in [0.717, 1.165) is 22.0 Å². The summed E-state index contributed by atoms with van der Waals surface area (Å²) in [6.45, 7) is 1.89. The lowest BCUT2D eigenvalue weighted by Gasteiger charge is -2.12. The highest BCUT2D eigenvalue weighted by Gasteiger charge is 2.11. The molecule has 0 spiro atoms. The van der Waals surface area contributed by atoms with Crippen LogP contribution in [0, 0.1) is 6.92 Å². The van der Waals surface area contributed by atoms with E-state index in [-0.39, 0.29) is 5.91 Å². The Hall–Kier alpha value is -2.46. The van der Waals surface area contributed by atoms with Crippen LogP contribution >= 0.6 is 11.6 Å². The average Bonchev–Trinajstić information content (AvgIpc) is 2.98. The van der Waals surface area contributed by atoms with Crippen molar-refractivity contribution in [3.05, 3.63) is 58.7 Å². The maximum absolute atomic E-state index is 12.3. The van der Waals surface area contributed by atoms with Crippen molar-refractivity contribution in [2.24, 2.45) is 0 Å². The third kappa shape index (κ3) is 3.32. The number of halogens is 1. The summed E-state index contributed by atoms with van der Waals surface area (Å²) in [6.07, 6.45) is 2.18. The standard InChI is InChI=1S/C18H17ClN2O2/c1-11-7-16(17(23-2)10-14(11)19)21-18(22)9-12-3-4-15-13(8-12)5-6-20-15/h3-8,10,20H,9H2,1-2H3,(H,21,22). The fraction of sp³-hybridized carbons (Fsp3) is 0.167. The first kappa shape index (κ1) is 15.4. The smallest absolute Gasteiger partial charge is 0.228 e. The van der Waals surface area contributed by atoms with Crippen molar-refractivity contribution in [2.45, 2.75) is 13.3 Å². The Morgan fingerprint density at radius 1 is 1.26 bits per heavy atom. The van der Waals surface area contributed by atoms with Gasteiger partial charge in [0.2, 0.25) is 5.91 Å². The highest BCUT2D eigenvalue weighted by atomic mass is 35.5. The number of ether oxygens (including phenoxy) is 1. The van der Waals surface area contributed by atoms with Crippen molar-refractivity contribution in [1.29, 1.82) is 0 Å². The highest BCUT2D eigenvalue weighted by molar-refractivity contribution is 6.31. The minimum Gasteiger partial charge on any atom is -0.495 e. The summed E-state index contributed by atoms with van der Waals surface area (Å²) in [5.74, 6) is 0.454. The molecule has 4 nitrogen and oxygen atoms in total. The van der Waals surface area contributed by atoms with Gasteiger partial charge in [-0.25, -0.2) is 0 Å². The summed E-state index contributed by atoms with van der Waals surface area (Å²) >= 11 is 6.08. The van der Waals surface area contributed by atoms with Crippen LogP contribution in [0.2, 0.25) is 5.02 Å². The normalized spacial score (nSPS) is 10.7. The molecule has 1 aromatic heterocycles. The van der Waals surface area contributed by atoms with E-state index in [1.807, 2.05) is 43.5 Å². The molecule has 23 heavy (non-hydrogen) atoms. The van der Waals surface area contributed by atoms with Crippen LogP contribution in [0.3, 0.4) is 0 Å². The van der Waals surface area contributed by atoms with Gasteiger partial charge in [0.05, 0.1) is 19.2 Å². The number of aromatic nitrogens is 1. The van der Waals surface area contributed by atoms with Gasteiger partial charge in [-0.15, -0.1) is 0 Å². The van der Waals surface area contributed by atoms with Gasteiger partial charge in [0.15, 0.2) is 0 Å². The molecule has 0 aliphatic heterocycles. The lowest BCUT2D eigenvalue weighted by molar-refractivity contribution is -0.115. The SMILES string of the molecule is COc1cc(Cl)c(C)cc1NC(=O)Cc1ccc2[nH]ccc2c1. The number of nitrogens with one attached hydrogen (secondary N) is 2. The molecule has 2 N–H and O–H groups in total. The Kier molecular flexibility index (Phi) is 4.26. The Labute approximate surface area is 139 Å². The first-order valence-electron chi connectivity index (χ1n) is 7.27. The number of hydrogen-bond acceptors (Lipinski definition) is 2. The average molecular weight is 329 g/mol. The van der Waals surface area contributed by atoms with E-state index in [1.165, 1.54) is 0 Å². The summed E-state index contributed by atoms with van der Waals surface area (Å²) in [5.41, 5.74) is 3.53. The molecular weight excluding hydrogens is 312 g/mol. The Morgan fingerprint density at radius 3 is 2.87 bits per heavy atom. The fourth-order valence-corrected chi connectivity index (χ4v) is 2.68. The second-order valence-electron chi connectivity index (χ2n) is 5.43. The van der Waals surface area contributed by atoms with Gasteiger partial charge < -0.3 is 15.0 Å². The van der Waals surface area contributed by atoms with Gasteiger partial charge >= 0.3 is 0 Å². The summed E-state index contributed by atoms with van der Waals surface area (Å²) in [5, 5.41) is 4.59. The van der Waals surface area contributed by atoms with Crippen molar-refractivity contribution in [2.75, 3.05) is 12.4 Å². The van der Waals surface area contributed by atoms with E-state index < -0.39 is 0 Å². The number of aromatic amines is 1. The van der Waals surface area contributed by atoms with E-state index in [2.05, 4.69) is 10.3 Å². The first-order chi connectivity index (χ1) is 11.1. The molecule has 0 saturated carbocycles. The number of methoxy groups -OCH3 is 1. The van der Waals surface area contributed by atoms with Crippen molar-refractivity contribution >= 4 is 34.1 Å². The zero-order valence-electron chi connectivity index (χ0n) is 12.9. The number of benzene rings is 2. The van der Waals surface area contributed by atoms with Gasteiger partial charge in [-0.2, -0.15) is 0 Å². The van der Waals surface area contributed by atoms with Crippen LogP contribution in [-0.4, -0.2) is 18.0 Å². The molecule has 3 rings (SSSR count). The van der Waals surface area contributed by atoms with Gasteiger partial charge in [-0.1, -0.05) is 17.7 Å². The van der Waals surface area contributed by atoms with Gasteiger partial charge in [0.25, 0.3) is 0 Å². The molecule has 5 heteroatoms.